The minimum atomic E-state index is -1.93. The Balaban J connectivity index is 2.44. The van der Waals surface area contributed by atoms with Crippen LogP contribution in [0.25, 0.3) is 5.57 Å². The molecule has 1 N–H and O–H groups in total. The monoisotopic (exact) mass is 284 g/mol. The fourth-order valence-corrected chi connectivity index (χ4v) is 2.33. The van der Waals surface area contributed by atoms with Crippen molar-refractivity contribution < 1.29 is 14.3 Å². The molecule has 16 heavy (non-hydrogen) atoms. The van der Waals surface area contributed by atoms with Gasteiger partial charge in [-0.1, -0.05) is 28.1 Å². The van der Waals surface area contributed by atoms with E-state index in [9.17, 15) is 9.18 Å². The van der Waals surface area contributed by atoms with Gasteiger partial charge in [0.25, 0.3) is 0 Å². The van der Waals surface area contributed by atoms with Crippen molar-refractivity contribution in [3.8, 4) is 0 Å². The Bertz CT molecular complexity index is 468. The highest BCUT2D eigenvalue weighted by atomic mass is 79.9. The Hall–Kier alpha value is -1.16. The topological polar surface area (TPSA) is 37.3 Å². The van der Waals surface area contributed by atoms with Crippen LogP contribution in [0.3, 0.4) is 0 Å². The number of alkyl halides is 1. The van der Waals surface area contributed by atoms with Crippen molar-refractivity contribution in [3.05, 3.63) is 39.9 Å². The molecule has 1 aromatic rings. The second-order valence-electron chi connectivity index (χ2n) is 3.70. The second kappa shape index (κ2) is 4.37. The molecule has 1 atom stereocenters. The third kappa shape index (κ3) is 2.02. The summed E-state index contributed by atoms with van der Waals surface area (Å²) in [4.78, 5) is 10.7. The van der Waals surface area contributed by atoms with Crippen LogP contribution in [0.5, 0.6) is 0 Å². The molecular weight excluding hydrogens is 275 g/mol. The van der Waals surface area contributed by atoms with Crippen LogP contribution >= 0.6 is 15.9 Å². The van der Waals surface area contributed by atoms with Gasteiger partial charge in [0.1, 0.15) is 0 Å². The average Bonchev–Trinajstić information content (AvgIpc) is 2.26. The van der Waals surface area contributed by atoms with Crippen LogP contribution in [0.4, 0.5) is 4.39 Å². The lowest BCUT2D eigenvalue weighted by Crippen LogP contribution is -2.18. The van der Waals surface area contributed by atoms with Gasteiger partial charge in [0.15, 0.2) is 0 Å². The lowest BCUT2D eigenvalue weighted by atomic mass is 9.88. The summed E-state index contributed by atoms with van der Waals surface area (Å²) < 4.78 is 14.4. The quantitative estimate of drug-likeness (QED) is 0.906. The Labute approximate surface area is 101 Å². The molecule has 1 aliphatic rings. The molecule has 1 aliphatic carbocycles. The second-order valence-corrected chi connectivity index (χ2v) is 4.62. The van der Waals surface area contributed by atoms with E-state index < -0.39 is 12.1 Å². The van der Waals surface area contributed by atoms with Gasteiger partial charge in [0, 0.05) is 10.0 Å². The molecule has 1 aromatic carbocycles. The molecule has 0 spiro atoms. The van der Waals surface area contributed by atoms with Crippen LogP contribution in [0, 0.1) is 0 Å². The predicted molar refractivity (Wildman–Crippen MR) is 63.0 cm³/mol. The molecule has 0 amide bonds. The van der Waals surface area contributed by atoms with Crippen molar-refractivity contribution in [1.82, 2.24) is 0 Å². The van der Waals surface area contributed by atoms with E-state index >= 15 is 0 Å². The van der Waals surface area contributed by atoms with E-state index in [0.717, 1.165) is 16.5 Å². The van der Waals surface area contributed by atoms with Crippen LogP contribution in [0.15, 0.2) is 28.7 Å². The number of halogens is 2. The molecule has 0 radical (unpaired) electrons. The van der Waals surface area contributed by atoms with E-state index in [1.54, 1.807) is 18.2 Å². The molecular formula is C12H10BrFO2. The minimum Gasteiger partial charge on any atom is -0.479 e. The van der Waals surface area contributed by atoms with Gasteiger partial charge < -0.3 is 5.11 Å². The van der Waals surface area contributed by atoms with E-state index in [2.05, 4.69) is 15.9 Å². The Morgan fingerprint density at radius 3 is 2.94 bits per heavy atom. The van der Waals surface area contributed by atoms with E-state index in [-0.39, 0.29) is 5.57 Å². The third-order valence-electron chi connectivity index (χ3n) is 2.65. The number of rotatable bonds is 2. The number of hydrogen-bond acceptors (Lipinski definition) is 1. The zero-order valence-electron chi connectivity index (χ0n) is 8.41. The number of hydrogen-bond donors (Lipinski definition) is 1. The summed E-state index contributed by atoms with van der Waals surface area (Å²) in [6.45, 7) is 0. The van der Waals surface area contributed by atoms with Crippen molar-refractivity contribution in [2.24, 2.45) is 0 Å². The van der Waals surface area contributed by atoms with Crippen molar-refractivity contribution in [1.29, 1.82) is 0 Å². The van der Waals surface area contributed by atoms with Gasteiger partial charge in [-0.25, -0.2) is 9.18 Å². The highest BCUT2D eigenvalue weighted by Crippen LogP contribution is 2.32. The maximum absolute atomic E-state index is 13.5. The molecule has 0 aromatic heterocycles. The first kappa shape index (κ1) is 11.3. The predicted octanol–water partition coefficient (Wildman–Crippen LogP) is 3.20. The molecule has 0 fully saturated rings. The van der Waals surface area contributed by atoms with Gasteiger partial charge in [0.05, 0.1) is 0 Å². The standard InChI is InChI=1S/C12H10BrFO2/c13-8-4-5-9-7(6-8)2-1-3-10(9)11(14)12(15)16/h3-6,11H,1-2H2,(H,15,16). The number of fused-ring (bicyclic) bond motifs is 1. The molecule has 0 bridgehead atoms. The lowest BCUT2D eigenvalue weighted by Gasteiger charge is -2.18. The summed E-state index contributed by atoms with van der Waals surface area (Å²) in [5, 5.41) is 8.69. The number of allylic oxidation sites excluding steroid dienone is 1. The van der Waals surface area contributed by atoms with Crippen LogP contribution in [0.2, 0.25) is 0 Å². The average molecular weight is 285 g/mol. The van der Waals surface area contributed by atoms with Crippen LogP contribution in [0.1, 0.15) is 17.5 Å². The Morgan fingerprint density at radius 2 is 2.25 bits per heavy atom. The summed E-state index contributed by atoms with van der Waals surface area (Å²) in [6, 6.07) is 5.48. The number of aryl methyl sites for hydroxylation is 1. The molecule has 0 aliphatic heterocycles. The molecule has 0 saturated heterocycles. The number of carbonyl (C=O) groups is 1. The van der Waals surface area contributed by atoms with E-state index in [0.29, 0.717) is 12.0 Å². The van der Waals surface area contributed by atoms with E-state index in [1.807, 2.05) is 6.07 Å². The minimum absolute atomic E-state index is 0.279. The number of aliphatic carboxylic acids is 1. The molecule has 2 nitrogen and oxygen atoms in total. The summed E-state index contributed by atoms with van der Waals surface area (Å²) in [5.74, 6) is -1.43. The smallest absolute Gasteiger partial charge is 0.343 e. The van der Waals surface area contributed by atoms with Gasteiger partial charge in [-0.05, 0) is 36.1 Å². The van der Waals surface area contributed by atoms with E-state index in [1.165, 1.54) is 0 Å². The highest BCUT2D eigenvalue weighted by Gasteiger charge is 2.25. The van der Waals surface area contributed by atoms with Gasteiger partial charge in [-0.2, -0.15) is 0 Å². The van der Waals surface area contributed by atoms with Gasteiger partial charge in [-0.3, -0.25) is 0 Å². The molecule has 4 heteroatoms. The van der Waals surface area contributed by atoms with Gasteiger partial charge in [0.2, 0.25) is 6.17 Å². The fourth-order valence-electron chi connectivity index (χ4n) is 1.92. The van der Waals surface area contributed by atoms with Crippen molar-refractivity contribution in [2.45, 2.75) is 19.0 Å². The van der Waals surface area contributed by atoms with Crippen LogP contribution < -0.4 is 0 Å². The normalized spacial score (nSPS) is 16.2. The zero-order valence-corrected chi connectivity index (χ0v) is 10.00. The van der Waals surface area contributed by atoms with Gasteiger partial charge in [-0.15, -0.1) is 0 Å². The maximum Gasteiger partial charge on any atom is 0.343 e. The first-order chi connectivity index (χ1) is 7.59. The third-order valence-corrected chi connectivity index (χ3v) is 3.14. The SMILES string of the molecule is O=C(O)C(F)C1=CCCc2cc(Br)ccc21. The molecule has 0 heterocycles. The lowest BCUT2D eigenvalue weighted by molar-refractivity contribution is -0.140. The summed E-state index contributed by atoms with van der Waals surface area (Å²) in [6.07, 6.45) is 1.26. The van der Waals surface area contributed by atoms with Crippen molar-refractivity contribution >= 4 is 27.5 Å². The molecule has 2 rings (SSSR count). The first-order valence-electron chi connectivity index (χ1n) is 4.95. The number of benzene rings is 1. The first-order valence-corrected chi connectivity index (χ1v) is 5.74. The molecule has 0 saturated carbocycles. The molecule has 84 valence electrons. The zero-order chi connectivity index (χ0) is 11.7. The number of carboxylic acids is 1. The maximum atomic E-state index is 13.5. The van der Waals surface area contributed by atoms with Gasteiger partial charge >= 0.3 is 5.97 Å². The number of carboxylic acid groups (broad SMARTS) is 1. The van der Waals surface area contributed by atoms with E-state index in [4.69, 9.17) is 5.11 Å². The fraction of sp³-hybridized carbons (Fsp3) is 0.250. The highest BCUT2D eigenvalue weighted by molar-refractivity contribution is 9.10. The largest absolute Gasteiger partial charge is 0.479 e. The van der Waals surface area contributed by atoms with Crippen molar-refractivity contribution in [2.75, 3.05) is 0 Å². The Morgan fingerprint density at radius 1 is 1.50 bits per heavy atom. The van der Waals surface area contributed by atoms with Crippen molar-refractivity contribution in [3.63, 3.8) is 0 Å². The molecule has 1 unspecified atom stereocenters. The van der Waals surface area contributed by atoms with Crippen LogP contribution in [-0.2, 0) is 11.2 Å². The summed E-state index contributed by atoms with van der Waals surface area (Å²) in [7, 11) is 0. The van der Waals surface area contributed by atoms with Crippen LogP contribution in [-0.4, -0.2) is 17.2 Å². The Kier molecular flexibility index (Phi) is 3.10. The summed E-state index contributed by atoms with van der Waals surface area (Å²) in [5.41, 5.74) is 1.99. The summed E-state index contributed by atoms with van der Waals surface area (Å²) >= 11 is 3.35.